The summed E-state index contributed by atoms with van der Waals surface area (Å²) in [6, 6.07) is 6.28. The van der Waals surface area contributed by atoms with Gasteiger partial charge in [0, 0.05) is 23.6 Å². The number of halogens is 1. The van der Waals surface area contributed by atoms with Crippen LogP contribution in [-0.4, -0.2) is 5.16 Å². The Labute approximate surface area is 92.0 Å². The Morgan fingerprint density at radius 2 is 2.31 bits per heavy atom. The summed E-state index contributed by atoms with van der Waals surface area (Å²) >= 11 is 0. The Hall–Kier alpha value is -1.68. The first-order valence-electron chi connectivity index (χ1n) is 5.25. The van der Waals surface area contributed by atoms with Crippen molar-refractivity contribution in [3.05, 3.63) is 41.4 Å². The number of benzene rings is 1. The summed E-state index contributed by atoms with van der Waals surface area (Å²) in [5.74, 6) is 0.563. The van der Waals surface area contributed by atoms with Gasteiger partial charge in [-0.15, -0.1) is 0 Å². The third-order valence-electron chi connectivity index (χ3n) is 2.95. The Kier molecular flexibility index (Phi) is 2.04. The van der Waals surface area contributed by atoms with Crippen molar-refractivity contribution >= 4 is 0 Å². The molecule has 1 aromatic heterocycles. The quantitative estimate of drug-likeness (QED) is 0.799. The van der Waals surface area contributed by atoms with E-state index in [1.54, 1.807) is 6.07 Å². The lowest BCUT2D eigenvalue weighted by molar-refractivity contribution is 0.388. The van der Waals surface area contributed by atoms with Crippen LogP contribution in [0.5, 0.6) is 0 Å². The van der Waals surface area contributed by atoms with E-state index < -0.39 is 0 Å². The number of rotatable bonds is 1. The maximum Gasteiger partial charge on any atom is 0.142 e. The number of nitrogens with two attached hydrogens (primary N) is 1. The minimum Gasteiger partial charge on any atom is -0.360 e. The van der Waals surface area contributed by atoms with Crippen LogP contribution in [0.1, 0.15) is 23.8 Å². The van der Waals surface area contributed by atoms with Gasteiger partial charge in [-0.2, -0.15) is 0 Å². The van der Waals surface area contributed by atoms with Gasteiger partial charge in [0.1, 0.15) is 17.3 Å². The molecule has 82 valence electrons. The predicted molar refractivity (Wildman–Crippen MR) is 57.1 cm³/mol. The summed E-state index contributed by atoms with van der Waals surface area (Å²) in [7, 11) is 0. The highest BCUT2D eigenvalue weighted by molar-refractivity contribution is 5.65. The molecule has 0 saturated heterocycles. The first-order chi connectivity index (χ1) is 7.75. The van der Waals surface area contributed by atoms with E-state index in [0.29, 0.717) is 5.69 Å². The van der Waals surface area contributed by atoms with Crippen molar-refractivity contribution < 1.29 is 8.91 Å². The number of fused-ring (bicyclic) bond motifs is 1. The zero-order chi connectivity index (χ0) is 11.1. The van der Waals surface area contributed by atoms with Crippen molar-refractivity contribution in [2.24, 2.45) is 5.73 Å². The Balaban J connectivity index is 2.14. The third-order valence-corrected chi connectivity index (χ3v) is 2.95. The van der Waals surface area contributed by atoms with E-state index in [1.165, 1.54) is 12.1 Å². The van der Waals surface area contributed by atoms with Gasteiger partial charge < -0.3 is 10.3 Å². The monoisotopic (exact) mass is 218 g/mol. The Morgan fingerprint density at radius 1 is 1.44 bits per heavy atom. The first kappa shape index (κ1) is 9.54. The third kappa shape index (κ3) is 1.34. The molecule has 0 amide bonds. The number of aromatic nitrogens is 1. The van der Waals surface area contributed by atoms with Crippen LogP contribution in [0.25, 0.3) is 11.3 Å². The molecule has 1 unspecified atom stereocenters. The van der Waals surface area contributed by atoms with Crippen LogP contribution < -0.4 is 5.73 Å². The molecule has 1 aromatic carbocycles. The Morgan fingerprint density at radius 3 is 3.12 bits per heavy atom. The lowest BCUT2D eigenvalue weighted by atomic mass is 10.0. The number of hydrogen-bond acceptors (Lipinski definition) is 3. The molecule has 1 atom stereocenters. The average molecular weight is 218 g/mol. The molecule has 0 radical (unpaired) electrons. The molecular formula is C12H11FN2O. The second-order valence-electron chi connectivity index (χ2n) is 4.02. The standard InChI is InChI=1S/C12H11FN2O/c13-8-3-1-2-7(6-8)12-11-9(14)4-5-10(11)16-15-12/h1-3,6,9H,4-5,14H2. The molecule has 1 aliphatic rings. The highest BCUT2D eigenvalue weighted by Gasteiger charge is 2.28. The van der Waals surface area contributed by atoms with Crippen LogP contribution in [0.2, 0.25) is 0 Å². The summed E-state index contributed by atoms with van der Waals surface area (Å²) in [4.78, 5) is 0. The fourth-order valence-electron chi connectivity index (χ4n) is 2.17. The topological polar surface area (TPSA) is 52.0 Å². The second-order valence-corrected chi connectivity index (χ2v) is 4.02. The first-order valence-corrected chi connectivity index (χ1v) is 5.25. The van der Waals surface area contributed by atoms with E-state index in [9.17, 15) is 4.39 Å². The van der Waals surface area contributed by atoms with Crippen LogP contribution in [-0.2, 0) is 6.42 Å². The largest absolute Gasteiger partial charge is 0.360 e. The van der Waals surface area contributed by atoms with Crippen molar-refractivity contribution in [2.45, 2.75) is 18.9 Å². The van der Waals surface area contributed by atoms with E-state index >= 15 is 0 Å². The van der Waals surface area contributed by atoms with E-state index in [0.717, 1.165) is 29.7 Å². The van der Waals surface area contributed by atoms with Crippen LogP contribution in [0.4, 0.5) is 4.39 Å². The molecule has 0 saturated carbocycles. The number of nitrogens with zero attached hydrogens (tertiary/aromatic N) is 1. The molecule has 2 aromatic rings. The molecule has 16 heavy (non-hydrogen) atoms. The maximum absolute atomic E-state index is 13.1. The van der Waals surface area contributed by atoms with Crippen LogP contribution >= 0.6 is 0 Å². The number of aryl methyl sites for hydroxylation is 1. The van der Waals surface area contributed by atoms with Crippen LogP contribution in [0.3, 0.4) is 0 Å². The van der Waals surface area contributed by atoms with Gasteiger partial charge in [0.2, 0.25) is 0 Å². The van der Waals surface area contributed by atoms with E-state index in [-0.39, 0.29) is 11.9 Å². The second kappa shape index (κ2) is 3.42. The summed E-state index contributed by atoms with van der Waals surface area (Å²) in [6.07, 6.45) is 1.69. The lowest BCUT2D eigenvalue weighted by Gasteiger charge is -2.04. The zero-order valence-corrected chi connectivity index (χ0v) is 8.61. The van der Waals surface area contributed by atoms with Crippen LogP contribution in [0.15, 0.2) is 28.8 Å². The van der Waals surface area contributed by atoms with Gasteiger partial charge in [-0.05, 0) is 18.6 Å². The van der Waals surface area contributed by atoms with Gasteiger partial charge >= 0.3 is 0 Å². The van der Waals surface area contributed by atoms with Gasteiger partial charge in [0.15, 0.2) is 0 Å². The smallest absolute Gasteiger partial charge is 0.142 e. The summed E-state index contributed by atoms with van der Waals surface area (Å²) < 4.78 is 18.3. The molecule has 0 bridgehead atoms. The van der Waals surface area contributed by atoms with E-state index in [4.69, 9.17) is 10.3 Å². The van der Waals surface area contributed by atoms with Gasteiger partial charge in [-0.3, -0.25) is 0 Å². The molecule has 3 nitrogen and oxygen atoms in total. The normalized spacial score (nSPS) is 18.8. The van der Waals surface area contributed by atoms with Gasteiger partial charge in [0.05, 0.1) is 0 Å². The molecule has 0 aliphatic heterocycles. The maximum atomic E-state index is 13.1. The van der Waals surface area contributed by atoms with Crippen molar-refractivity contribution in [1.82, 2.24) is 5.16 Å². The lowest BCUT2D eigenvalue weighted by Crippen LogP contribution is -2.06. The molecule has 3 rings (SSSR count). The van der Waals surface area contributed by atoms with Gasteiger partial charge in [-0.25, -0.2) is 4.39 Å². The molecule has 0 fully saturated rings. The predicted octanol–water partition coefficient (Wildman–Crippen LogP) is 2.43. The molecule has 4 heteroatoms. The SMILES string of the molecule is NC1CCc2onc(-c3cccc(F)c3)c21. The van der Waals surface area contributed by atoms with Gasteiger partial charge in [0.25, 0.3) is 0 Å². The van der Waals surface area contributed by atoms with Crippen molar-refractivity contribution in [2.75, 3.05) is 0 Å². The average Bonchev–Trinajstić information content (AvgIpc) is 2.82. The zero-order valence-electron chi connectivity index (χ0n) is 8.61. The summed E-state index contributed by atoms with van der Waals surface area (Å²) in [5.41, 5.74) is 8.31. The van der Waals surface area contributed by atoms with Crippen molar-refractivity contribution in [1.29, 1.82) is 0 Å². The minimum absolute atomic E-state index is 0.0421. The molecular weight excluding hydrogens is 207 g/mol. The highest BCUT2D eigenvalue weighted by atomic mass is 19.1. The van der Waals surface area contributed by atoms with E-state index in [2.05, 4.69) is 5.16 Å². The molecule has 1 heterocycles. The van der Waals surface area contributed by atoms with E-state index in [1.807, 2.05) is 6.07 Å². The Bertz CT molecular complexity index is 536. The highest BCUT2D eigenvalue weighted by Crippen LogP contribution is 2.37. The van der Waals surface area contributed by atoms with Crippen LogP contribution in [0, 0.1) is 5.82 Å². The summed E-state index contributed by atoms with van der Waals surface area (Å²) in [5, 5.41) is 3.98. The molecule has 0 spiro atoms. The number of hydrogen-bond donors (Lipinski definition) is 1. The fraction of sp³-hybridized carbons (Fsp3) is 0.250. The summed E-state index contributed by atoms with van der Waals surface area (Å²) in [6.45, 7) is 0. The van der Waals surface area contributed by atoms with Crippen molar-refractivity contribution in [3.63, 3.8) is 0 Å². The molecule has 2 N–H and O–H groups in total. The van der Waals surface area contributed by atoms with Gasteiger partial charge in [-0.1, -0.05) is 17.3 Å². The minimum atomic E-state index is -0.277. The van der Waals surface area contributed by atoms with Crippen molar-refractivity contribution in [3.8, 4) is 11.3 Å². The fourth-order valence-corrected chi connectivity index (χ4v) is 2.17. The molecule has 1 aliphatic carbocycles.